The molecule has 1 fully saturated rings. The first kappa shape index (κ1) is 24.4. The largest absolute Gasteiger partial charge is 0.497 e. The second kappa shape index (κ2) is 11.6. The number of benzene rings is 2. The maximum absolute atomic E-state index is 13.9. The van der Waals surface area contributed by atoms with Gasteiger partial charge in [-0.3, -0.25) is 19.5 Å². The Hall–Kier alpha value is -3.74. The fraction of sp³-hybridized carbons (Fsp3) is 0.357. The molecule has 35 heavy (non-hydrogen) atoms. The van der Waals surface area contributed by atoms with Crippen LogP contribution in [0.5, 0.6) is 5.75 Å². The average molecular weight is 473 g/mol. The molecular weight excluding hydrogens is 440 g/mol. The van der Waals surface area contributed by atoms with Crippen LogP contribution in [0.25, 0.3) is 0 Å². The van der Waals surface area contributed by atoms with E-state index in [1.54, 1.807) is 19.2 Å². The Bertz CT molecular complexity index is 1110. The smallest absolute Gasteiger partial charge is 0.279 e. The van der Waals surface area contributed by atoms with E-state index < -0.39 is 6.04 Å². The molecule has 1 N–H and O–H groups in total. The molecule has 0 saturated heterocycles. The Balaban J connectivity index is 1.79. The molecule has 0 bridgehead atoms. The summed E-state index contributed by atoms with van der Waals surface area (Å²) in [4.78, 5) is 37.6. The zero-order valence-corrected chi connectivity index (χ0v) is 20.3. The summed E-state index contributed by atoms with van der Waals surface area (Å²) in [7, 11) is 1.60. The number of nitrogens with one attached hydrogen (secondary N) is 1. The lowest BCUT2D eigenvalue weighted by molar-refractivity contribution is -0.123. The van der Waals surface area contributed by atoms with Gasteiger partial charge in [-0.15, -0.1) is 0 Å². The number of hydrogen-bond acceptors (Lipinski definition) is 5. The van der Waals surface area contributed by atoms with E-state index in [0.717, 1.165) is 37.7 Å². The summed E-state index contributed by atoms with van der Waals surface area (Å²) in [5, 5.41) is 3.23. The fourth-order valence-electron chi connectivity index (χ4n) is 4.54. The minimum Gasteiger partial charge on any atom is -0.497 e. The van der Waals surface area contributed by atoms with Crippen molar-refractivity contribution in [3.05, 3.63) is 83.9 Å². The van der Waals surface area contributed by atoms with Crippen LogP contribution < -0.4 is 15.0 Å². The Morgan fingerprint density at radius 1 is 1.03 bits per heavy atom. The van der Waals surface area contributed by atoms with E-state index in [1.807, 2.05) is 36.4 Å². The van der Waals surface area contributed by atoms with Crippen LogP contribution in [0.2, 0.25) is 0 Å². The van der Waals surface area contributed by atoms with E-state index in [-0.39, 0.29) is 23.6 Å². The van der Waals surface area contributed by atoms with Crippen molar-refractivity contribution in [3.63, 3.8) is 0 Å². The summed E-state index contributed by atoms with van der Waals surface area (Å²) >= 11 is 0. The molecule has 2 aromatic carbocycles. The third kappa shape index (κ3) is 5.85. The molecule has 7 nitrogen and oxygen atoms in total. The molecular formula is C28H32N4O3. The van der Waals surface area contributed by atoms with Gasteiger partial charge in [-0.25, -0.2) is 4.98 Å². The molecule has 0 aliphatic heterocycles. The number of nitrogens with zero attached hydrogens (tertiary/aromatic N) is 3. The fourth-order valence-corrected chi connectivity index (χ4v) is 4.54. The highest BCUT2D eigenvalue weighted by molar-refractivity contribution is 6.09. The second-order valence-electron chi connectivity index (χ2n) is 8.81. The highest BCUT2D eigenvalue weighted by Gasteiger charge is 2.35. The number of aromatic nitrogens is 2. The zero-order chi connectivity index (χ0) is 24.6. The minimum absolute atomic E-state index is 0.105. The maximum atomic E-state index is 13.9. The normalized spacial score (nSPS) is 14.7. The van der Waals surface area contributed by atoms with E-state index in [1.165, 1.54) is 29.9 Å². The van der Waals surface area contributed by atoms with Gasteiger partial charge in [0.1, 0.15) is 17.5 Å². The van der Waals surface area contributed by atoms with Crippen molar-refractivity contribution in [2.24, 2.45) is 0 Å². The van der Waals surface area contributed by atoms with Crippen LogP contribution in [0.1, 0.15) is 66.7 Å². The highest BCUT2D eigenvalue weighted by Crippen LogP contribution is 2.31. The minimum atomic E-state index is -0.884. The molecule has 1 aliphatic rings. The lowest BCUT2D eigenvalue weighted by Gasteiger charge is -2.33. The summed E-state index contributed by atoms with van der Waals surface area (Å²) in [5.41, 5.74) is 2.64. The van der Waals surface area contributed by atoms with Crippen LogP contribution in [0.3, 0.4) is 0 Å². The summed E-state index contributed by atoms with van der Waals surface area (Å²) < 4.78 is 5.32. The van der Waals surface area contributed by atoms with Crippen molar-refractivity contribution in [1.29, 1.82) is 0 Å². The van der Waals surface area contributed by atoms with Crippen molar-refractivity contribution in [2.75, 3.05) is 12.0 Å². The molecule has 1 aliphatic carbocycles. The maximum Gasteiger partial charge on any atom is 0.279 e. The zero-order valence-electron chi connectivity index (χ0n) is 20.3. The first-order valence-electron chi connectivity index (χ1n) is 12.2. The van der Waals surface area contributed by atoms with Gasteiger partial charge in [0.2, 0.25) is 5.91 Å². The van der Waals surface area contributed by atoms with Gasteiger partial charge in [0.05, 0.1) is 13.3 Å². The molecule has 3 aromatic rings. The Morgan fingerprint density at radius 2 is 1.74 bits per heavy atom. The molecule has 4 rings (SSSR count). The predicted molar refractivity (Wildman–Crippen MR) is 135 cm³/mol. The number of hydrogen-bond donors (Lipinski definition) is 1. The van der Waals surface area contributed by atoms with Crippen LogP contribution in [0.4, 0.5) is 5.69 Å². The van der Waals surface area contributed by atoms with Crippen molar-refractivity contribution < 1.29 is 14.3 Å². The highest BCUT2D eigenvalue weighted by atomic mass is 16.5. The van der Waals surface area contributed by atoms with Crippen LogP contribution in [-0.4, -0.2) is 34.9 Å². The topological polar surface area (TPSA) is 84.4 Å². The molecule has 0 spiro atoms. The molecule has 2 amide bonds. The molecule has 1 unspecified atom stereocenters. The Morgan fingerprint density at radius 3 is 2.34 bits per heavy atom. The van der Waals surface area contributed by atoms with Gasteiger partial charge in [-0.2, -0.15) is 0 Å². The first-order valence-corrected chi connectivity index (χ1v) is 12.2. The third-order valence-corrected chi connectivity index (χ3v) is 6.51. The first-order chi connectivity index (χ1) is 17.1. The van der Waals surface area contributed by atoms with E-state index in [4.69, 9.17) is 4.74 Å². The number of carbonyl (C=O) groups excluding carboxylic acids is 2. The lowest BCUT2D eigenvalue weighted by atomic mass is 9.94. The molecule has 182 valence electrons. The third-order valence-electron chi connectivity index (χ3n) is 6.51. The van der Waals surface area contributed by atoms with Crippen LogP contribution in [0.15, 0.2) is 67.1 Å². The van der Waals surface area contributed by atoms with Crippen LogP contribution in [0, 0.1) is 0 Å². The quantitative estimate of drug-likeness (QED) is 0.505. The van der Waals surface area contributed by atoms with Gasteiger partial charge in [-0.1, -0.05) is 50.5 Å². The number of methoxy groups -OCH3 is 1. The van der Waals surface area contributed by atoms with E-state index in [2.05, 4.69) is 22.2 Å². The number of carbonyl (C=O) groups is 2. The van der Waals surface area contributed by atoms with Crippen LogP contribution >= 0.6 is 0 Å². The van der Waals surface area contributed by atoms with Gasteiger partial charge >= 0.3 is 0 Å². The molecule has 1 heterocycles. The monoisotopic (exact) mass is 472 g/mol. The van der Waals surface area contributed by atoms with Crippen LogP contribution in [-0.2, 0) is 11.2 Å². The van der Waals surface area contributed by atoms with Gasteiger partial charge in [0.15, 0.2) is 0 Å². The molecule has 0 radical (unpaired) electrons. The number of anilines is 1. The summed E-state index contributed by atoms with van der Waals surface area (Å²) in [5.74, 6) is 0.0834. The number of amides is 2. The van der Waals surface area contributed by atoms with E-state index in [0.29, 0.717) is 17.0 Å². The summed E-state index contributed by atoms with van der Waals surface area (Å²) in [6.07, 6.45) is 10.6. The van der Waals surface area contributed by atoms with Gasteiger partial charge < -0.3 is 10.1 Å². The number of rotatable bonds is 8. The number of aryl methyl sites for hydroxylation is 1. The predicted octanol–water partition coefficient (Wildman–Crippen LogP) is 4.88. The van der Waals surface area contributed by atoms with Gasteiger partial charge in [0.25, 0.3) is 5.91 Å². The Kier molecular flexibility index (Phi) is 8.08. The van der Waals surface area contributed by atoms with Crippen molar-refractivity contribution in [2.45, 2.75) is 57.5 Å². The standard InChI is InChI=1S/C28H32N4O3/c1-3-20-9-13-23(14-10-20)32(28(34)25-19-29-17-18-30-25)26(21-11-15-24(35-2)16-12-21)27(33)31-22-7-5-4-6-8-22/h9-19,22,26H,3-8H2,1-2H3,(H,31,33). The van der Waals surface area contributed by atoms with Gasteiger partial charge in [0, 0.05) is 24.1 Å². The Labute approximate surface area is 206 Å². The van der Waals surface area contributed by atoms with Crippen molar-refractivity contribution in [3.8, 4) is 5.75 Å². The SMILES string of the molecule is CCc1ccc(N(C(=O)c2cnccn2)C(C(=O)NC2CCCCC2)c2ccc(OC)cc2)cc1. The number of ether oxygens (including phenoxy) is 1. The average Bonchev–Trinajstić information content (AvgIpc) is 2.92. The molecule has 7 heteroatoms. The van der Waals surface area contributed by atoms with Crippen molar-refractivity contribution >= 4 is 17.5 Å². The summed E-state index contributed by atoms with van der Waals surface area (Å²) in [6, 6.07) is 14.2. The summed E-state index contributed by atoms with van der Waals surface area (Å²) in [6.45, 7) is 2.08. The lowest BCUT2D eigenvalue weighted by Crippen LogP contribution is -2.47. The molecule has 1 aromatic heterocycles. The van der Waals surface area contributed by atoms with E-state index in [9.17, 15) is 9.59 Å². The van der Waals surface area contributed by atoms with E-state index >= 15 is 0 Å². The van der Waals surface area contributed by atoms with Crippen molar-refractivity contribution in [1.82, 2.24) is 15.3 Å². The molecule has 1 atom stereocenters. The molecule has 1 saturated carbocycles. The second-order valence-corrected chi connectivity index (χ2v) is 8.81. The van der Waals surface area contributed by atoms with Gasteiger partial charge in [-0.05, 0) is 54.7 Å².